The number of hydrogen-bond acceptors (Lipinski definition) is 2. The molecule has 0 radical (unpaired) electrons. The van der Waals surface area contributed by atoms with Gasteiger partial charge in [-0.05, 0) is 30.3 Å². The molecule has 0 saturated heterocycles. The maximum atomic E-state index is 12.0. The second-order valence-electron chi connectivity index (χ2n) is 3.68. The number of halogens is 1. The van der Waals surface area contributed by atoms with E-state index in [0.29, 0.717) is 16.4 Å². The molecule has 0 aliphatic rings. The van der Waals surface area contributed by atoms with Crippen LogP contribution in [0.15, 0.2) is 48.7 Å². The van der Waals surface area contributed by atoms with Crippen molar-refractivity contribution in [1.82, 2.24) is 0 Å². The molecule has 17 heavy (non-hydrogen) atoms. The van der Waals surface area contributed by atoms with Crippen molar-refractivity contribution >= 4 is 23.2 Å². The number of anilines is 1. The lowest BCUT2D eigenvalue weighted by atomic mass is 10.1. The fourth-order valence-corrected chi connectivity index (χ4v) is 1.64. The third-order valence-corrected chi connectivity index (χ3v) is 2.71. The zero-order valence-corrected chi connectivity index (χ0v) is 9.89. The molecule has 2 N–H and O–H groups in total. The van der Waals surface area contributed by atoms with E-state index in [0.717, 1.165) is 0 Å². The highest BCUT2D eigenvalue weighted by atomic mass is 35.5. The zero-order valence-electron chi connectivity index (χ0n) is 9.14. The topological polar surface area (TPSA) is 47.0 Å². The fraction of sp³-hybridized carbons (Fsp3) is 0.0769. The lowest BCUT2D eigenvalue weighted by Crippen LogP contribution is -2.40. The van der Waals surface area contributed by atoms with Crippen LogP contribution in [-0.4, -0.2) is 5.78 Å². The van der Waals surface area contributed by atoms with E-state index in [1.165, 1.54) is 0 Å². The van der Waals surface area contributed by atoms with Crippen LogP contribution in [0, 0.1) is 0 Å². The summed E-state index contributed by atoms with van der Waals surface area (Å²) in [5.41, 5.74) is 6.39. The first kappa shape index (κ1) is 11.6. The highest BCUT2D eigenvalue weighted by molar-refractivity contribution is 6.30. The monoisotopic (exact) mass is 247 g/mol. The van der Waals surface area contributed by atoms with Gasteiger partial charge in [-0.2, -0.15) is 0 Å². The average Bonchev–Trinajstić information content (AvgIpc) is 2.33. The van der Waals surface area contributed by atoms with Crippen LogP contribution in [0.5, 0.6) is 0 Å². The predicted molar refractivity (Wildman–Crippen MR) is 66.8 cm³/mol. The number of carbonyl (C=O) groups is 1. The van der Waals surface area contributed by atoms with Gasteiger partial charge in [-0.1, -0.05) is 17.7 Å². The molecule has 4 heteroatoms. The summed E-state index contributed by atoms with van der Waals surface area (Å²) < 4.78 is 1.71. The van der Waals surface area contributed by atoms with Crippen molar-refractivity contribution in [2.24, 2.45) is 0 Å². The van der Waals surface area contributed by atoms with Crippen molar-refractivity contribution in [2.75, 3.05) is 5.73 Å². The second-order valence-corrected chi connectivity index (χ2v) is 4.12. The maximum Gasteiger partial charge on any atom is 0.272 e. The van der Waals surface area contributed by atoms with E-state index < -0.39 is 0 Å². The Kier molecular flexibility index (Phi) is 3.40. The van der Waals surface area contributed by atoms with Crippen molar-refractivity contribution in [3.05, 3.63) is 59.2 Å². The van der Waals surface area contributed by atoms with Gasteiger partial charge in [0.05, 0.1) is 6.20 Å². The summed E-state index contributed by atoms with van der Waals surface area (Å²) >= 11 is 5.77. The lowest BCUT2D eigenvalue weighted by molar-refractivity contribution is -0.668. The van der Waals surface area contributed by atoms with Crippen LogP contribution >= 0.6 is 11.6 Å². The molecule has 0 fully saturated rings. The molecule has 0 amide bonds. The van der Waals surface area contributed by atoms with Gasteiger partial charge in [-0.3, -0.25) is 10.5 Å². The number of Topliss-reactive ketones (excluding diaryl/α,β-unsaturated/α-hetero) is 1. The molecule has 0 aliphatic heterocycles. The standard InChI is InChI=1S/C13H11ClN2O/c14-11-6-4-10(5-7-11)12(17)9-16-8-2-1-3-13(16)15/h1-8,15H,9H2/p+1. The minimum absolute atomic E-state index is 0.00423. The first-order valence-electron chi connectivity index (χ1n) is 5.19. The number of aromatic nitrogens is 1. The Balaban J connectivity index is 2.17. The number of nitrogens with zero attached hydrogens (tertiary/aromatic N) is 1. The van der Waals surface area contributed by atoms with Crippen molar-refractivity contribution in [1.29, 1.82) is 0 Å². The summed E-state index contributed by atoms with van der Waals surface area (Å²) in [5, 5.41) is 0.619. The van der Waals surface area contributed by atoms with Crippen molar-refractivity contribution in [3.63, 3.8) is 0 Å². The van der Waals surface area contributed by atoms with Crippen LogP contribution < -0.4 is 10.3 Å². The zero-order chi connectivity index (χ0) is 12.3. The smallest absolute Gasteiger partial charge is 0.272 e. The summed E-state index contributed by atoms with van der Waals surface area (Å²) in [6, 6.07) is 12.3. The van der Waals surface area contributed by atoms with Crippen LogP contribution in [0.1, 0.15) is 10.4 Å². The normalized spacial score (nSPS) is 10.2. The van der Waals surface area contributed by atoms with E-state index >= 15 is 0 Å². The Labute approximate surface area is 104 Å². The molecule has 3 nitrogen and oxygen atoms in total. The van der Waals surface area contributed by atoms with Crippen LogP contribution in [0.3, 0.4) is 0 Å². The number of nitrogens with two attached hydrogens (primary N) is 1. The summed E-state index contributed by atoms with van der Waals surface area (Å²) in [6.07, 6.45) is 1.78. The van der Waals surface area contributed by atoms with Crippen molar-refractivity contribution in [3.8, 4) is 0 Å². The molecule has 0 bridgehead atoms. The molecule has 1 aromatic heterocycles. The first-order chi connectivity index (χ1) is 8.16. The molecule has 2 rings (SSSR count). The van der Waals surface area contributed by atoms with Gasteiger partial charge >= 0.3 is 0 Å². The van der Waals surface area contributed by atoms with Gasteiger partial charge in [-0.15, -0.1) is 0 Å². The average molecular weight is 248 g/mol. The third-order valence-electron chi connectivity index (χ3n) is 2.46. The van der Waals surface area contributed by atoms with Gasteiger partial charge in [0.2, 0.25) is 5.78 Å². The number of carbonyl (C=O) groups excluding carboxylic acids is 1. The van der Waals surface area contributed by atoms with Gasteiger partial charge in [0.15, 0.2) is 6.54 Å². The van der Waals surface area contributed by atoms with Crippen LogP contribution in [0.4, 0.5) is 5.82 Å². The molecule has 1 aromatic carbocycles. The number of benzene rings is 1. The summed E-state index contributed by atoms with van der Waals surface area (Å²) in [4.78, 5) is 12.0. The maximum absolute atomic E-state index is 12.0. The van der Waals surface area contributed by atoms with Crippen LogP contribution in [0.2, 0.25) is 5.02 Å². The highest BCUT2D eigenvalue weighted by Gasteiger charge is 2.11. The Morgan fingerprint density at radius 3 is 2.53 bits per heavy atom. The van der Waals surface area contributed by atoms with E-state index in [1.807, 2.05) is 12.1 Å². The van der Waals surface area contributed by atoms with Gasteiger partial charge in [0.25, 0.3) is 5.82 Å². The quantitative estimate of drug-likeness (QED) is 0.667. The molecule has 0 atom stereocenters. The molecule has 0 saturated carbocycles. The minimum atomic E-state index is 0.00423. The summed E-state index contributed by atoms with van der Waals surface area (Å²) in [6.45, 7) is 0.230. The van der Waals surface area contributed by atoms with Gasteiger partial charge < -0.3 is 0 Å². The third kappa shape index (κ3) is 2.82. The Bertz CT molecular complexity index is 537. The van der Waals surface area contributed by atoms with Gasteiger partial charge in [-0.25, -0.2) is 4.57 Å². The SMILES string of the molecule is Nc1cccc[n+]1CC(=O)c1ccc(Cl)cc1. The molecule has 1 heterocycles. The molecule has 0 spiro atoms. The van der Waals surface area contributed by atoms with E-state index in [9.17, 15) is 4.79 Å². The number of ketones is 1. The predicted octanol–water partition coefficient (Wildman–Crippen LogP) is 2.09. The van der Waals surface area contributed by atoms with Crippen LogP contribution in [-0.2, 0) is 6.54 Å². The number of hydrogen-bond donors (Lipinski definition) is 1. The van der Waals surface area contributed by atoms with Gasteiger partial charge in [0.1, 0.15) is 0 Å². The van der Waals surface area contributed by atoms with E-state index in [2.05, 4.69) is 0 Å². The Morgan fingerprint density at radius 2 is 1.88 bits per heavy atom. The Morgan fingerprint density at radius 1 is 1.18 bits per heavy atom. The first-order valence-corrected chi connectivity index (χ1v) is 5.57. The van der Waals surface area contributed by atoms with Crippen molar-refractivity contribution < 1.29 is 9.36 Å². The number of pyridine rings is 1. The highest BCUT2D eigenvalue weighted by Crippen LogP contribution is 2.10. The van der Waals surface area contributed by atoms with E-state index in [-0.39, 0.29) is 12.3 Å². The molecule has 86 valence electrons. The number of rotatable bonds is 3. The molecule has 0 aliphatic carbocycles. The number of nitrogen functional groups attached to an aromatic ring is 1. The second kappa shape index (κ2) is 4.97. The molecular weight excluding hydrogens is 236 g/mol. The van der Waals surface area contributed by atoms with Crippen molar-refractivity contribution in [2.45, 2.75) is 6.54 Å². The largest absolute Gasteiger partial charge is 0.290 e. The van der Waals surface area contributed by atoms with E-state index in [1.54, 1.807) is 41.1 Å². The lowest BCUT2D eigenvalue weighted by Gasteiger charge is -2.02. The molecule has 0 unspecified atom stereocenters. The summed E-state index contributed by atoms with van der Waals surface area (Å²) in [5.74, 6) is 0.569. The van der Waals surface area contributed by atoms with Crippen LogP contribution in [0.25, 0.3) is 0 Å². The van der Waals surface area contributed by atoms with E-state index in [4.69, 9.17) is 17.3 Å². The molecule has 2 aromatic rings. The van der Waals surface area contributed by atoms with Gasteiger partial charge in [0, 0.05) is 16.7 Å². The fourth-order valence-electron chi connectivity index (χ4n) is 1.52. The molecular formula is C13H12ClN2O+. The minimum Gasteiger partial charge on any atom is -0.290 e. The summed E-state index contributed by atoms with van der Waals surface area (Å²) in [7, 11) is 0. The Hall–Kier alpha value is -1.87.